The van der Waals surface area contributed by atoms with Gasteiger partial charge in [-0.1, -0.05) is 18.2 Å². The molecule has 7 N–H and O–H groups in total. The van der Waals surface area contributed by atoms with E-state index in [0.717, 1.165) is 18.4 Å². The van der Waals surface area contributed by atoms with Crippen molar-refractivity contribution in [2.45, 2.75) is 37.3 Å². The highest BCUT2D eigenvalue weighted by Gasteiger charge is 2.63. The summed E-state index contributed by atoms with van der Waals surface area (Å²) in [4.78, 5) is 53.1. The van der Waals surface area contributed by atoms with E-state index in [0.29, 0.717) is 16.8 Å². The number of amides is 2. The maximum Gasteiger partial charge on any atom is 0.255 e. The van der Waals surface area contributed by atoms with Crippen LogP contribution < -0.4 is 11.1 Å². The molecule has 6 rings (SSSR count). The molecule has 0 aromatic heterocycles. The zero-order valence-corrected chi connectivity index (χ0v) is 23.0. The summed E-state index contributed by atoms with van der Waals surface area (Å²) in [5, 5.41) is 47.7. The molecular formula is C31H31N3O8. The molecule has 0 aliphatic heterocycles. The lowest BCUT2D eigenvalue weighted by atomic mass is 9.58. The number of aliphatic hydroxyl groups is 3. The summed E-state index contributed by atoms with van der Waals surface area (Å²) in [6.45, 7) is 0. The Kier molecular flexibility index (Phi) is 6.28. The van der Waals surface area contributed by atoms with Crippen molar-refractivity contribution < 1.29 is 39.6 Å². The molecule has 42 heavy (non-hydrogen) atoms. The third-order valence-corrected chi connectivity index (χ3v) is 9.02. The van der Waals surface area contributed by atoms with E-state index >= 15 is 0 Å². The van der Waals surface area contributed by atoms with E-state index in [9.17, 15) is 39.6 Å². The lowest BCUT2D eigenvalue weighted by Gasteiger charge is -2.50. The van der Waals surface area contributed by atoms with E-state index in [1.54, 1.807) is 44.4 Å². The van der Waals surface area contributed by atoms with Crippen molar-refractivity contribution in [3.8, 4) is 16.9 Å². The number of rotatable bonds is 5. The monoisotopic (exact) mass is 573 g/mol. The molecule has 11 nitrogen and oxygen atoms in total. The standard InChI is InChI=1S/C31H31N3O8/c1-34(2)24-19-12-15-11-18-17(13-5-7-16(8-6-13)33-30(41)14-3-4-14)9-10-20(35)22(18)25(36)21(15)27(38)31(19,42)28(39)23(26(24)37)29(32)40/h5-10,14-15,19,24,35,37-38,42H,3-4,11-12H2,1-2H3,(H2,32,40)(H,33,41)/t15-,19-,24?,31-/m0/s1. The van der Waals surface area contributed by atoms with Crippen molar-refractivity contribution >= 4 is 29.1 Å². The highest BCUT2D eigenvalue weighted by molar-refractivity contribution is 6.25. The SMILES string of the molecule is CN(C)C1C(O)=C(C(N)=O)C(=O)[C@@]2(O)C(O)=C3C(=O)c4c(O)ccc(-c5ccc(NC(=O)C6CC6)cc5)c4C[C@H]3C[C@@H]12. The van der Waals surface area contributed by atoms with Crippen LogP contribution in [0.3, 0.4) is 0 Å². The van der Waals surface area contributed by atoms with E-state index < -0.39 is 58.0 Å². The average molecular weight is 574 g/mol. The van der Waals surface area contributed by atoms with E-state index in [1.807, 2.05) is 0 Å². The Morgan fingerprint density at radius 1 is 1.02 bits per heavy atom. The predicted molar refractivity (Wildman–Crippen MR) is 150 cm³/mol. The number of phenolic OH excluding ortho intramolecular Hbond substituents is 1. The number of nitrogens with one attached hydrogen (secondary N) is 1. The first-order valence-electron chi connectivity index (χ1n) is 13.8. The number of carbonyl (C=O) groups excluding carboxylic acids is 4. The van der Waals surface area contributed by atoms with Crippen LogP contribution in [0.4, 0.5) is 5.69 Å². The van der Waals surface area contributed by atoms with Crippen LogP contribution in [0.25, 0.3) is 11.1 Å². The minimum absolute atomic E-state index is 0.00694. The maximum atomic E-state index is 13.9. The van der Waals surface area contributed by atoms with E-state index in [1.165, 1.54) is 11.0 Å². The number of nitrogens with two attached hydrogens (primary N) is 1. The van der Waals surface area contributed by atoms with Gasteiger partial charge in [-0.2, -0.15) is 0 Å². The van der Waals surface area contributed by atoms with Gasteiger partial charge in [-0.3, -0.25) is 24.1 Å². The Balaban J connectivity index is 1.44. The Bertz CT molecular complexity index is 1640. The first-order chi connectivity index (χ1) is 19.9. The van der Waals surface area contributed by atoms with Crippen molar-refractivity contribution in [3.63, 3.8) is 0 Å². The maximum absolute atomic E-state index is 13.9. The molecule has 4 aliphatic rings. The summed E-state index contributed by atoms with van der Waals surface area (Å²) >= 11 is 0. The van der Waals surface area contributed by atoms with Crippen LogP contribution in [0.15, 0.2) is 59.1 Å². The Morgan fingerprint density at radius 2 is 1.69 bits per heavy atom. The van der Waals surface area contributed by atoms with Crippen LogP contribution in [0.5, 0.6) is 5.75 Å². The largest absolute Gasteiger partial charge is 0.510 e. The fourth-order valence-electron chi connectivity index (χ4n) is 6.84. The normalized spacial score (nSPS) is 27.0. The first kappa shape index (κ1) is 27.7. The zero-order chi connectivity index (χ0) is 30.2. The van der Waals surface area contributed by atoms with Gasteiger partial charge in [0.05, 0.1) is 11.6 Å². The molecule has 11 heteroatoms. The molecule has 1 unspecified atom stereocenters. The number of fused-ring (bicyclic) bond motifs is 3. The molecule has 1 saturated carbocycles. The fraction of sp³-hybridized carbons (Fsp3) is 0.355. The Labute approximate surface area is 240 Å². The van der Waals surface area contributed by atoms with Gasteiger partial charge in [0.25, 0.3) is 5.91 Å². The lowest BCUT2D eigenvalue weighted by Crippen LogP contribution is -2.63. The highest BCUT2D eigenvalue weighted by atomic mass is 16.3. The van der Waals surface area contributed by atoms with Crippen molar-refractivity contribution in [1.29, 1.82) is 0 Å². The summed E-state index contributed by atoms with van der Waals surface area (Å²) in [5.41, 5.74) is 4.16. The zero-order valence-electron chi connectivity index (χ0n) is 23.0. The van der Waals surface area contributed by atoms with Crippen LogP contribution in [-0.4, -0.2) is 74.4 Å². The Hall–Kier alpha value is -4.48. The molecule has 4 aliphatic carbocycles. The second-order valence-corrected chi connectivity index (χ2v) is 11.8. The van der Waals surface area contributed by atoms with Gasteiger partial charge in [0.2, 0.25) is 11.7 Å². The van der Waals surface area contributed by atoms with Crippen molar-refractivity contribution in [2.75, 3.05) is 19.4 Å². The number of Topliss-reactive ketones (excluding diaryl/α,β-unsaturated/α-hetero) is 2. The molecule has 4 atom stereocenters. The van der Waals surface area contributed by atoms with Gasteiger partial charge in [-0.25, -0.2) is 0 Å². The molecule has 2 amide bonds. The molecule has 0 spiro atoms. The molecule has 1 fully saturated rings. The van der Waals surface area contributed by atoms with Crippen LogP contribution in [0.2, 0.25) is 0 Å². The van der Waals surface area contributed by atoms with Crippen molar-refractivity contribution in [1.82, 2.24) is 4.90 Å². The van der Waals surface area contributed by atoms with Gasteiger partial charge in [0.15, 0.2) is 11.4 Å². The van der Waals surface area contributed by atoms with E-state index in [4.69, 9.17) is 5.73 Å². The van der Waals surface area contributed by atoms with Crippen LogP contribution in [-0.2, 0) is 20.8 Å². The third kappa shape index (κ3) is 3.95. The number of benzene rings is 2. The summed E-state index contributed by atoms with van der Waals surface area (Å²) in [7, 11) is 3.17. The van der Waals surface area contributed by atoms with Crippen LogP contribution in [0.1, 0.15) is 35.2 Å². The molecule has 0 radical (unpaired) electrons. The highest BCUT2D eigenvalue weighted by Crippen LogP contribution is 2.53. The second kappa shape index (κ2) is 9.53. The first-order valence-corrected chi connectivity index (χ1v) is 13.8. The van der Waals surface area contributed by atoms with Crippen molar-refractivity contribution in [2.24, 2.45) is 23.5 Å². The number of hydrogen-bond donors (Lipinski definition) is 6. The predicted octanol–water partition coefficient (Wildman–Crippen LogP) is 2.14. The van der Waals surface area contributed by atoms with Crippen LogP contribution in [0, 0.1) is 17.8 Å². The van der Waals surface area contributed by atoms with Crippen molar-refractivity contribution in [3.05, 3.63) is 70.2 Å². The minimum Gasteiger partial charge on any atom is -0.510 e. The van der Waals surface area contributed by atoms with Gasteiger partial charge >= 0.3 is 0 Å². The molecule has 0 saturated heterocycles. The lowest BCUT2D eigenvalue weighted by molar-refractivity contribution is -0.148. The molecule has 218 valence electrons. The number of aliphatic hydroxyl groups excluding tert-OH is 2. The quantitative estimate of drug-likeness (QED) is 0.291. The summed E-state index contributed by atoms with van der Waals surface area (Å²) in [6.07, 6.45) is 1.95. The smallest absolute Gasteiger partial charge is 0.255 e. The number of ketones is 2. The number of likely N-dealkylation sites (N-methyl/N-ethyl adjacent to an activating group) is 1. The minimum atomic E-state index is -2.68. The van der Waals surface area contributed by atoms with E-state index in [-0.39, 0.29) is 41.6 Å². The van der Waals surface area contributed by atoms with Crippen LogP contribution >= 0.6 is 0 Å². The van der Waals surface area contributed by atoms with Gasteiger partial charge in [0, 0.05) is 23.1 Å². The summed E-state index contributed by atoms with van der Waals surface area (Å²) in [5.74, 6) is -6.86. The van der Waals surface area contributed by atoms with Gasteiger partial charge in [0.1, 0.15) is 22.8 Å². The average Bonchev–Trinajstić information content (AvgIpc) is 3.77. The number of phenols is 1. The fourth-order valence-corrected chi connectivity index (χ4v) is 6.84. The molecular weight excluding hydrogens is 542 g/mol. The number of nitrogens with zero attached hydrogens (tertiary/aromatic N) is 1. The Morgan fingerprint density at radius 3 is 2.29 bits per heavy atom. The van der Waals surface area contributed by atoms with Gasteiger partial charge in [-0.15, -0.1) is 0 Å². The molecule has 0 bridgehead atoms. The molecule has 0 heterocycles. The number of hydrogen-bond acceptors (Lipinski definition) is 9. The summed E-state index contributed by atoms with van der Waals surface area (Å²) < 4.78 is 0. The number of anilines is 1. The second-order valence-electron chi connectivity index (χ2n) is 11.8. The third-order valence-electron chi connectivity index (χ3n) is 9.02. The number of allylic oxidation sites excluding steroid dienone is 1. The van der Waals surface area contributed by atoms with Gasteiger partial charge < -0.3 is 31.5 Å². The van der Waals surface area contributed by atoms with Gasteiger partial charge in [-0.05, 0) is 80.6 Å². The summed E-state index contributed by atoms with van der Waals surface area (Å²) in [6, 6.07) is 9.13. The number of aromatic hydroxyl groups is 1. The van der Waals surface area contributed by atoms with E-state index in [2.05, 4.69) is 5.32 Å². The number of primary amides is 1. The molecule has 2 aromatic carbocycles. The topological polar surface area (TPSA) is 190 Å². The molecule has 2 aromatic rings. The number of carbonyl (C=O) groups is 4.